The third-order valence-corrected chi connectivity index (χ3v) is 5.13. The Morgan fingerprint density at radius 1 is 0.929 bits per heavy atom. The van der Waals surface area contributed by atoms with Crippen molar-refractivity contribution in [2.24, 2.45) is 10.4 Å². The summed E-state index contributed by atoms with van der Waals surface area (Å²) in [6, 6.07) is 17.8. The van der Waals surface area contributed by atoms with E-state index in [1.807, 2.05) is 0 Å². The molecule has 3 aromatic rings. The van der Waals surface area contributed by atoms with E-state index in [9.17, 15) is 0 Å². The first-order valence-corrected chi connectivity index (χ1v) is 10.1. The van der Waals surface area contributed by atoms with Crippen LogP contribution in [0.5, 0.6) is 0 Å². The van der Waals surface area contributed by atoms with Crippen molar-refractivity contribution in [2.75, 3.05) is 13.2 Å². The van der Waals surface area contributed by atoms with Gasteiger partial charge in [-0.15, -0.1) is 0 Å². The molecule has 0 saturated heterocycles. The van der Waals surface area contributed by atoms with E-state index in [0.717, 1.165) is 18.9 Å². The minimum atomic E-state index is 0.0943. The number of rotatable bonds is 2. The summed E-state index contributed by atoms with van der Waals surface area (Å²) in [5, 5.41) is 2.55. The molecule has 2 heteroatoms. The predicted octanol–water partition coefficient (Wildman–Crippen LogP) is 6.49. The minimum absolute atomic E-state index is 0.0943. The quantitative estimate of drug-likeness (QED) is 0.504. The minimum Gasteiger partial charge on any atom is -0.477 e. The van der Waals surface area contributed by atoms with Crippen LogP contribution in [0.25, 0.3) is 21.9 Å². The maximum absolute atomic E-state index is 6.30. The van der Waals surface area contributed by atoms with E-state index < -0.39 is 0 Å². The van der Waals surface area contributed by atoms with Crippen molar-refractivity contribution in [3.8, 4) is 11.1 Å². The van der Waals surface area contributed by atoms with Crippen LogP contribution in [0.4, 0.5) is 0 Å². The fraction of sp³-hybridized carbons (Fsp3) is 0.346. The van der Waals surface area contributed by atoms with Crippen LogP contribution in [0.2, 0.25) is 0 Å². The number of fused-ring (bicyclic) bond motifs is 2. The third kappa shape index (κ3) is 3.69. The molecule has 0 saturated carbocycles. The van der Waals surface area contributed by atoms with Crippen LogP contribution in [0.3, 0.4) is 0 Å². The molecule has 2 nitrogen and oxygen atoms in total. The molecule has 0 radical (unpaired) electrons. The van der Waals surface area contributed by atoms with Crippen molar-refractivity contribution in [1.29, 1.82) is 0 Å². The normalized spacial score (nSPS) is 14.0. The molecule has 1 aliphatic heterocycles. The summed E-state index contributed by atoms with van der Waals surface area (Å²) >= 11 is 0. The van der Waals surface area contributed by atoms with Crippen LogP contribution in [0.15, 0.2) is 53.5 Å². The summed E-state index contributed by atoms with van der Waals surface area (Å²) in [5.41, 5.74) is 7.68. The summed E-state index contributed by atoms with van der Waals surface area (Å²) in [6.45, 7) is 12.4. The second-order valence-electron chi connectivity index (χ2n) is 9.17. The van der Waals surface area contributed by atoms with E-state index >= 15 is 0 Å². The smallest absolute Gasteiger partial charge is 0.217 e. The van der Waals surface area contributed by atoms with Crippen molar-refractivity contribution < 1.29 is 4.74 Å². The zero-order valence-corrected chi connectivity index (χ0v) is 17.6. The Labute approximate surface area is 168 Å². The first kappa shape index (κ1) is 18.7. The molecule has 0 N–H and O–H groups in total. The Bertz CT molecular complexity index is 1050. The van der Waals surface area contributed by atoms with Gasteiger partial charge in [0, 0.05) is 17.7 Å². The lowest BCUT2D eigenvalue weighted by Crippen LogP contribution is -2.23. The van der Waals surface area contributed by atoms with Gasteiger partial charge in [-0.25, -0.2) is 0 Å². The van der Waals surface area contributed by atoms with Gasteiger partial charge in [-0.2, -0.15) is 0 Å². The summed E-state index contributed by atoms with van der Waals surface area (Å²) in [5.74, 6) is 0.802. The average Bonchev–Trinajstić information content (AvgIpc) is 2.63. The zero-order chi connectivity index (χ0) is 19.9. The molecular weight excluding hydrogens is 342 g/mol. The largest absolute Gasteiger partial charge is 0.477 e. The van der Waals surface area contributed by atoms with Crippen LogP contribution in [-0.4, -0.2) is 19.0 Å². The van der Waals surface area contributed by atoms with Crippen molar-refractivity contribution in [3.05, 3.63) is 70.8 Å². The number of aryl methyl sites for hydroxylation is 2. The number of benzene rings is 3. The average molecular weight is 372 g/mol. The van der Waals surface area contributed by atoms with Gasteiger partial charge in [0.15, 0.2) is 0 Å². The molecule has 0 bridgehead atoms. The third-order valence-electron chi connectivity index (χ3n) is 5.13. The van der Waals surface area contributed by atoms with Crippen LogP contribution in [0.1, 0.15) is 43.0 Å². The fourth-order valence-corrected chi connectivity index (χ4v) is 4.03. The van der Waals surface area contributed by atoms with Crippen molar-refractivity contribution in [1.82, 2.24) is 0 Å². The molecule has 144 valence electrons. The highest BCUT2D eigenvalue weighted by Crippen LogP contribution is 2.38. The Kier molecular flexibility index (Phi) is 4.74. The maximum atomic E-state index is 6.30. The maximum Gasteiger partial charge on any atom is 0.217 e. The summed E-state index contributed by atoms with van der Waals surface area (Å²) < 4.78 is 6.30. The van der Waals surface area contributed by atoms with E-state index in [2.05, 4.69) is 83.1 Å². The van der Waals surface area contributed by atoms with Gasteiger partial charge in [-0.05, 0) is 47.6 Å². The van der Waals surface area contributed by atoms with Crippen molar-refractivity contribution >= 4 is 16.7 Å². The van der Waals surface area contributed by atoms with Crippen molar-refractivity contribution in [3.63, 3.8) is 0 Å². The lowest BCUT2D eigenvalue weighted by molar-refractivity contribution is 0.187. The van der Waals surface area contributed by atoms with E-state index in [1.54, 1.807) is 0 Å². The van der Waals surface area contributed by atoms with Crippen LogP contribution in [0, 0.1) is 19.3 Å². The molecule has 0 unspecified atom stereocenters. The highest BCUT2D eigenvalue weighted by molar-refractivity contribution is 6.11. The van der Waals surface area contributed by atoms with E-state index in [0.29, 0.717) is 6.61 Å². The standard InChI is InChI=1S/C26H29NO/c1-17-12-18(2)14-21(13-17)23-22-9-7-6-8-19(22)15-20-10-11-27-25(24(20)23)28-16-26(3,4)5/h6-9,12-15H,10-11,16H2,1-5H3. The van der Waals surface area contributed by atoms with Crippen LogP contribution < -0.4 is 0 Å². The van der Waals surface area contributed by atoms with E-state index in [1.165, 1.54) is 44.2 Å². The number of hydrogen-bond donors (Lipinski definition) is 0. The van der Waals surface area contributed by atoms with E-state index in [-0.39, 0.29) is 5.41 Å². The highest BCUT2D eigenvalue weighted by Gasteiger charge is 2.24. The lowest BCUT2D eigenvalue weighted by Gasteiger charge is -2.26. The number of hydrogen-bond acceptors (Lipinski definition) is 2. The summed E-state index contributed by atoms with van der Waals surface area (Å²) in [4.78, 5) is 4.81. The van der Waals surface area contributed by atoms with Crippen molar-refractivity contribution in [2.45, 2.75) is 41.0 Å². The van der Waals surface area contributed by atoms with Gasteiger partial charge in [0.2, 0.25) is 5.90 Å². The molecule has 0 aliphatic carbocycles. The Hall–Kier alpha value is -2.61. The van der Waals surface area contributed by atoms with Gasteiger partial charge in [-0.1, -0.05) is 80.4 Å². The van der Waals surface area contributed by atoms with Gasteiger partial charge in [0.1, 0.15) is 0 Å². The molecule has 0 amide bonds. The fourth-order valence-electron chi connectivity index (χ4n) is 4.03. The second-order valence-corrected chi connectivity index (χ2v) is 9.17. The Morgan fingerprint density at radius 3 is 2.36 bits per heavy atom. The first-order chi connectivity index (χ1) is 13.3. The number of nitrogens with zero attached hydrogens (tertiary/aromatic N) is 1. The zero-order valence-electron chi connectivity index (χ0n) is 17.6. The van der Waals surface area contributed by atoms with Gasteiger partial charge in [0.25, 0.3) is 0 Å². The number of ether oxygens (including phenoxy) is 1. The molecule has 28 heavy (non-hydrogen) atoms. The molecule has 1 aliphatic rings. The van der Waals surface area contributed by atoms with Gasteiger partial charge < -0.3 is 4.74 Å². The second kappa shape index (κ2) is 7.09. The SMILES string of the molecule is Cc1cc(C)cc(-c2c3c(cc4ccccc24)CCN=C3OCC(C)(C)C)c1. The Morgan fingerprint density at radius 2 is 1.64 bits per heavy atom. The molecule has 4 rings (SSSR count). The topological polar surface area (TPSA) is 21.6 Å². The monoisotopic (exact) mass is 371 g/mol. The molecule has 1 heterocycles. The predicted molar refractivity (Wildman–Crippen MR) is 119 cm³/mol. The summed E-state index contributed by atoms with van der Waals surface area (Å²) in [6.07, 6.45) is 0.959. The number of aliphatic imine (C=N–C) groups is 1. The lowest BCUT2D eigenvalue weighted by atomic mass is 9.86. The molecule has 0 spiro atoms. The highest BCUT2D eigenvalue weighted by atomic mass is 16.5. The molecule has 0 aromatic heterocycles. The van der Waals surface area contributed by atoms with Gasteiger partial charge >= 0.3 is 0 Å². The molecule has 0 atom stereocenters. The van der Waals surface area contributed by atoms with Crippen LogP contribution >= 0.6 is 0 Å². The van der Waals surface area contributed by atoms with Gasteiger partial charge in [0.05, 0.1) is 6.61 Å². The first-order valence-electron chi connectivity index (χ1n) is 10.1. The van der Waals surface area contributed by atoms with Gasteiger partial charge in [-0.3, -0.25) is 4.99 Å². The molecular formula is C26H29NO. The van der Waals surface area contributed by atoms with E-state index in [4.69, 9.17) is 9.73 Å². The Balaban J connectivity index is 1.98. The molecule has 0 fully saturated rings. The summed E-state index contributed by atoms with van der Waals surface area (Å²) in [7, 11) is 0. The van der Waals surface area contributed by atoms with Crippen LogP contribution in [-0.2, 0) is 11.2 Å². The molecule has 3 aromatic carbocycles.